The smallest absolute Gasteiger partial charge is 0.259 e. The molecule has 0 bridgehead atoms. The van der Waals surface area contributed by atoms with Gasteiger partial charge >= 0.3 is 0 Å². The molecule has 0 aliphatic carbocycles. The first-order chi connectivity index (χ1) is 10.0. The fourth-order valence-corrected chi connectivity index (χ4v) is 1.96. The van der Waals surface area contributed by atoms with Gasteiger partial charge in [0.2, 0.25) is 0 Å². The molecule has 0 saturated carbocycles. The molecule has 0 saturated heterocycles. The maximum atomic E-state index is 12.4. The van der Waals surface area contributed by atoms with Crippen molar-refractivity contribution in [2.24, 2.45) is 0 Å². The number of nitrogens with two attached hydrogens (primary N) is 1. The Hall–Kier alpha value is -2.69. The first kappa shape index (κ1) is 14.7. The summed E-state index contributed by atoms with van der Waals surface area (Å²) in [5, 5.41) is 2.78. The van der Waals surface area contributed by atoms with Crippen molar-refractivity contribution in [3.05, 3.63) is 47.5 Å². The van der Waals surface area contributed by atoms with Gasteiger partial charge in [-0.05, 0) is 31.2 Å². The maximum absolute atomic E-state index is 12.4. The standard InChI is InChI=1S/C16H18N2O3/c1-10-4-7-15(21-3)12(8-10)16(19)18-14-9-11(20-2)5-6-13(14)17/h4-9H,17H2,1-3H3,(H,18,19). The van der Waals surface area contributed by atoms with Crippen LogP contribution in [0.4, 0.5) is 11.4 Å². The Kier molecular flexibility index (Phi) is 4.33. The van der Waals surface area contributed by atoms with Crippen LogP contribution in [-0.4, -0.2) is 20.1 Å². The summed E-state index contributed by atoms with van der Waals surface area (Å²) in [6.07, 6.45) is 0. The van der Waals surface area contributed by atoms with Crippen LogP contribution in [0.25, 0.3) is 0 Å². The molecule has 0 heterocycles. The lowest BCUT2D eigenvalue weighted by Gasteiger charge is -2.12. The number of rotatable bonds is 4. The summed E-state index contributed by atoms with van der Waals surface area (Å²) in [5.74, 6) is 0.853. The number of amides is 1. The van der Waals surface area contributed by atoms with E-state index in [9.17, 15) is 4.79 Å². The minimum Gasteiger partial charge on any atom is -0.497 e. The number of aryl methyl sites for hydroxylation is 1. The Morgan fingerprint density at radius 1 is 1.10 bits per heavy atom. The largest absolute Gasteiger partial charge is 0.497 e. The Morgan fingerprint density at radius 3 is 2.52 bits per heavy atom. The third-order valence-corrected chi connectivity index (χ3v) is 3.11. The number of hydrogen-bond acceptors (Lipinski definition) is 4. The summed E-state index contributed by atoms with van der Waals surface area (Å²) in [6.45, 7) is 1.91. The molecule has 5 nitrogen and oxygen atoms in total. The van der Waals surface area contributed by atoms with E-state index < -0.39 is 0 Å². The van der Waals surface area contributed by atoms with Gasteiger partial charge in [-0.2, -0.15) is 0 Å². The van der Waals surface area contributed by atoms with Crippen LogP contribution in [0.2, 0.25) is 0 Å². The zero-order valence-electron chi connectivity index (χ0n) is 12.3. The first-order valence-corrected chi connectivity index (χ1v) is 6.44. The van der Waals surface area contributed by atoms with Crippen molar-refractivity contribution in [1.29, 1.82) is 0 Å². The highest BCUT2D eigenvalue weighted by Crippen LogP contribution is 2.26. The second kappa shape index (κ2) is 6.17. The van der Waals surface area contributed by atoms with E-state index in [1.807, 2.05) is 13.0 Å². The van der Waals surface area contributed by atoms with Gasteiger partial charge in [0, 0.05) is 6.07 Å². The lowest BCUT2D eigenvalue weighted by Crippen LogP contribution is -2.14. The third kappa shape index (κ3) is 3.25. The number of benzene rings is 2. The molecule has 0 aromatic heterocycles. The number of ether oxygens (including phenoxy) is 2. The summed E-state index contributed by atoms with van der Waals surface area (Å²) in [7, 11) is 3.09. The molecule has 0 spiro atoms. The second-order valence-electron chi connectivity index (χ2n) is 4.61. The molecule has 21 heavy (non-hydrogen) atoms. The van der Waals surface area contributed by atoms with E-state index >= 15 is 0 Å². The molecule has 0 atom stereocenters. The van der Waals surface area contributed by atoms with Gasteiger partial charge < -0.3 is 20.5 Å². The first-order valence-electron chi connectivity index (χ1n) is 6.44. The molecular weight excluding hydrogens is 268 g/mol. The molecule has 2 aromatic rings. The topological polar surface area (TPSA) is 73.6 Å². The third-order valence-electron chi connectivity index (χ3n) is 3.11. The van der Waals surface area contributed by atoms with E-state index in [4.69, 9.17) is 15.2 Å². The van der Waals surface area contributed by atoms with E-state index in [0.717, 1.165) is 5.56 Å². The van der Waals surface area contributed by atoms with E-state index in [-0.39, 0.29) is 5.91 Å². The molecule has 0 aliphatic heterocycles. The van der Waals surface area contributed by atoms with Crippen molar-refractivity contribution < 1.29 is 14.3 Å². The van der Waals surface area contributed by atoms with Crippen molar-refractivity contribution in [2.75, 3.05) is 25.3 Å². The molecule has 0 aliphatic rings. The van der Waals surface area contributed by atoms with E-state index in [1.165, 1.54) is 7.11 Å². The Balaban J connectivity index is 2.32. The lowest BCUT2D eigenvalue weighted by atomic mass is 10.1. The van der Waals surface area contributed by atoms with Gasteiger partial charge in [0.05, 0.1) is 31.2 Å². The van der Waals surface area contributed by atoms with Crippen LogP contribution in [0.3, 0.4) is 0 Å². The van der Waals surface area contributed by atoms with Crippen LogP contribution in [0.5, 0.6) is 11.5 Å². The van der Waals surface area contributed by atoms with E-state index in [1.54, 1.807) is 37.4 Å². The summed E-state index contributed by atoms with van der Waals surface area (Å²) >= 11 is 0. The molecule has 2 aromatic carbocycles. The van der Waals surface area contributed by atoms with Crippen molar-refractivity contribution in [2.45, 2.75) is 6.92 Å². The molecule has 5 heteroatoms. The molecule has 110 valence electrons. The minimum absolute atomic E-state index is 0.282. The fraction of sp³-hybridized carbons (Fsp3) is 0.188. The predicted molar refractivity (Wildman–Crippen MR) is 83.1 cm³/mol. The van der Waals surface area contributed by atoms with Gasteiger partial charge in [-0.25, -0.2) is 0 Å². The Morgan fingerprint density at radius 2 is 1.86 bits per heavy atom. The van der Waals surface area contributed by atoms with E-state index in [2.05, 4.69) is 5.32 Å². The lowest BCUT2D eigenvalue weighted by molar-refractivity contribution is 0.102. The summed E-state index contributed by atoms with van der Waals surface area (Å²) in [4.78, 5) is 12.4. The average molecular weight is 286 g/mol. The average Bonchev–Trinajstić information content (AvgIpc) is 2.49. The monoisotopic (exact) mass is 286 g/mol. The van der Waals surface area contributed by atoms with Gasteiger partial charge in [-0.3, -0.25) is 4.79 Å². The van der Waals surface area contributed by atoms with E-state index in [0.29, 0.717) is 28.4 Å². The normalized spacial score (nSPS) is 10.0. The van der Waals surface area contributed by atoms with Crippen LogP contribution >= 0.6 is 0 Å². The highest BCUT2D eigenvalue weighted by molar-refractivity contribution is 6.07. The Labute approximate surface area is 123 Å². The number of carbonyl (C=O) groups excluding carboxylic acids is 1. The fourth-order valence-electron chi connectivity index (χ4n) is 1.96. The minimum atomic E-state index is -0.282. The Bertz CT molecular complexity index is 669. The molecule has 1 amide bonds. The van der Waals surface area contributed by atoms with Gasteiger partial charge in [0.1, 0.15) is 11.5 Å². The SMILES string of the molecule is COc1ccc(N)c(NC(=O)c2cc(C)ccc2OC)c1. The van der Waals surface area contributed by atoms with Gasteiger partial charge in [-0.15, -0.1) is 0 Å². The van der Waals surface area contributed by atoms with Gasteiger partial charge in [0.15, 0.2) is 0 Å². The number of nitrogens with one attached hydrogen (secondary N) is 1. The maximum Gasteiger partial charge on any atom is 0.259 e. The summed E-state index contributed by atoms with van der Waals surface area (Å²) in [6, 6.07) is 10.5. The predicted octanol–water partition coefficient (Wildman–Crippen LogP) is 2.85. The highest BCUT2D eigenvalue weighted by atomic mass is 16.5. The number of hydrogen-bond donors (Lipinski definition) is 2. The van der Waals surface area contributed by atoms with Gasteiger partial charge in [0.25, 0.3) is 5.91 Å². The quantitative estimate of drug-likeness (QED) is 0.848. The molecule has 2 rings (SSSR count). The summed E-state index contributed by atoms with van der Waals surface area (Å²) < 4.78 is 10.3. The van der Waals surface area contributed by atoms with Crippen LogP contribution in [0.1, 0.15) is 15.9 Å². The number of anilines is 2. The molecule has 0 radical (unpaired) electrons. The van der Waals surface area contributed by atoms with Crippen molar-refractivity contribution in [3.8, 4) is 11.5 Å². The van der Waals surface area contributed by atoms with Crippen LogP contribution < -0.4 is 20.5 Å². The van der Waals surface area contributed by atoms with Crippen LogP contribution in [0, 0.1) is 6.92 Å². The zero-order chi connectivity index (χ0) is 15.4. The number of methoxy groups -OCH3 is 2. The number of nitrogen functional groups attached to an aromatic ring is 1. The van der Waals surface area contributed by atoms with Crippen molar-refractivity contribution in [1.82, 2.24) is 0 Å². The van der Waals surface area contributed by atoms with Gasteiger partial charge in [-0.1, -0.05) is 11.6 Å². The molecule has 0 unspecified atom stereocenters. The summed E-state index contributed by atoms with van der Waals surface area (Å²) in [5.41, 5.74) is 8.27. The van der Waals surface area contributed by atoms with Crippen LogP contribution in [-0.2, 0) is 0 Å². The second-order valence-corrected chi connectivity index (χ2v) is 4.61. The van der Waals surface area contributed by atoms with Crippen molar-refractivity contribution in [3.63, 3.8) is 0 Å². The molecule has 3 N–H and O–H groups in total. The van der Waals surface area contributed by atoms with Crippen molar-refractivity contribution >= 4 is 17.3 Å². The molecular formula is C16H18N2O3. The highest BCUT2D eigenvalue weighted by Gasteiger charge is 2.14. The number of carbonyl (C=O) groups is 1. The zero-order valence-corrected chi connectivity index (χ0v) is 12.3. The van der Waals surface area contributed by atoms with Crippen LogP contribution in [0.15, 0.2) is 36.4 Å². The molecule has 0 fully saturated rings.